The van der Waals surface area contributed by atoms with Gasteiger partial charge in [0.15, 0.2) is 0 Å². The second-order valence-corrected chi connectivity index (χ2v) is 9.97. The smallest absolute Gasteiger partial charge is 1.00 e. The molecular weight excluding hydrogens is 449 g/mol. The molecule has 0 atom stereocenters. The maximum Gasteiger partial charge on any atom is -1.00 e. The number of allylic oxidation sites excluding steroid dienone is 4. The van der Waals surface area contributed by atoms with E-state index in [1.165, 1.54) is 18.8 Å². The molecule has 0 fully saturated rings. The van der Waals surface area contributed by atoms with Gasteiger partial charge >= 0.3 is 172 Å². The third kappa shape index (κ3) is 5.68. The molecule has 0 bridgehead atoms. The number of benzene rings is 3. The zero-order valence-corrected chi connectivity index (χ0v) is 19.3. The van der Waals surface area contributed by atoms with Crippen LogP contribution in [-0.4, -0.2) is 9.72 Å². The summed E-state index contributed by atoms with van der Waals surface area (Å²) in [5, 5.41) is 0. The molecule has 0 spiro atoms. The summed E-state index contributed by atoms with van der Waals surface area (Å²) >= 11 is -2.32. The Hall–Kier alpha value is -2.23. The van der Waals surface area contributed by atoms with Gasteiger partial charge in [-0.2, -0.15) is 0 Å². The van der Waals surface area contributed by atoms with Gasteiger partial charge in [0, 0.05) is 0 Å². The van der Waals surface area contributed by atoms with Gasteiger partial charge in [-0.3, -0.25) is 0 Å². The van der Waals surface area contributed by atoms with Gasteiger partial charge in [0.25, 0.3) is 0 Å². The van der Waals surface area contributed by atoms with Crippen molar-refractivity contribution in [2.75, 3.05) is 0 Å². The van der Waals surface area contributed by atoms with Crippen LogP contribution in [0.1, 0.15) is 27.9 Å². The van der Waals surface area contributed by atoms with Gasteiger partial charge in [-0.1, -0.05) is 0 Å². The molecule has 4 rings (SSSR count). The van der Waals surface area contributed by atoms with E-state index in [0.29, 0.717) is 5.56 Å². The summed E-state index contributed by atoms with van der Waals surface area (Å²) in [4.78, 5) is 13.0. The quantitative estimate of drug-likeness (QED) is 0.481. The van der Waals surface area contributed by atoms with E-state index in [9.17, 15) is 4.79 Å². The van der Waals surface area contributed by atoms with Crippen LogP contribution in [0, 0.1) is 0 Å². The maximum absolute atomic E-state index is 13.0. The first-order valence-corrected chi connectivity index (χ1v) is 11.7. The molecule has 1 aliphatic carbocycles. The predicted octanol–water partition coefficient (Wildman–Crippen LogP) is -0.930. The summed E-state index contributed by atoms with van der Waals surface area (Å²) in [5.74, 6) is 0.00719. The van der Waals surface area contributed by atoms with E-state index in [2.05, 4.69) is 70.6 Å². The average Bonchev–Trinajstić information content (AvgIpc) is 3.30. The summed E-state index contributed by atoms with van der Waals surface area (Å²) in [5.41, 5.74) is 3.08. The molecule has 0 aliphatic heterocycles. The molecule has 3 aromatic rings. The van der Waals surface area contributed by atoms with E-state index >= 15 is 0 Å². The standard InChI is InChI=1S/C13H10.C7H7NO.C5H5.2ClH.Ti/c1-3-7-12(8-4-1)11-13-9-5-2-6-10-13;8-7(9)6-4-2-1-3-5-6;1-2-4-5-3-1;;;/h1-10H;1-5H,(H2,8,9);1-3H,4H2;2*1H;/q;;;;;+3/p-3. The van der Waals surface area contributed by atoms with Crippen LogP contribution in [-0.2, 0) is 17.7 Å². The van der Waals surface area contributed by atoms with Crippen molar-refractivity contribution in [3.05, 3.63) is 130 Å². The van der Waals surface area contributed by atoms with E-state index in [1.54, 1.807) is 0 Å². The van der Waals surface area contributed by atoms with Gasteiger partial charge in [0.2, 0.25) is 0 Å². The molecule has 0 saturated carbocycles. The number of hydrogen-bond donors (Lipinski definition) is 1. The largest absolute Gasteiger partial charge is 1.00 e. The monoisotopic (exact) mass is 469 g/mol. The Kier molecular flexibility index (Phi) is 9.48. The number of amides is 1. The van der Waals surface area contributed by atoms with Crippen LogP contribution in [0.5, 0.6) is 0 Å². The first-order chi connectivity index (χ1) is 13.8. The van der Waals surface area contributed by atoms with Crippen LogP contribution in [0.25, 0.3) is 0 Å². The van der Waals surface area contributed by atoms with E-state index < -0.39 is 17.7 Å². The molecule has 1 N–H and O–H groups in total. The average molecular weight is 470 g/mol. The third-order valence-corrected chi connectivity index (χ3v) is 8.75. The maximum atomic E-state index is 13.0. The minimum absolute atomic E-state index is 0. The molecule has 0 saturated heterocycles. The fourth-order valence-electron chi connectivity index (χ4n) is 3.38. The molecule has 0 radical (unpaired) electrons. The topological polar surface area (TPSA) is 29.1 Å². The van der Waals surface area contributed by atoms with Crippen molar-refractivity contribution < 1.29 is 47.3 Å². The first kappa shape index (κ1) is 24.0. The summed E-state index contributed by atoms with van der Waals surface area (Å²) in [6.07, 6.45) is 7.37. The van der Waals surface area contributed by atoms with E-state index in [-0.39, 0.29) is 30.7 Å². The van der Waals surface area contributed by atoms with Gasteiger partial charge in [0.05, 0.1) is 0 Å². The van der Waals surface area contributed by atoms with Gasteiger partial charge < -0.3 is 24.8 Å². The fourth-order valence-corrected chi connectivity index (χ4v) is 7.24. The Labute approximate surface area is 196 Å². The minimum atomic E-state index is -2.32. The minimum Gasteiger partial charge on any atom is -1.00 e. The predicted molar refractivity (Wildman–Crippen MR) is 112 cm³/mol. The van der Waals surface area contributed by atoms with Crippen molar-refractivity contribution in [1.29, 1.82) is 0 Å². The molecule has 3 aromatic carbocycles. The van der Waals surface area contributed by atoms with Crippen molar-refractivity contribution in [2.24, 2.45) is 0 Å². The summed E-state index contributed by atoms with van der Waals surface area (Å²) in [6, 6.07) is 30.4. The number of rotatable bonds is 5. The van der Waals surface area contributed by atoms with Crippen molar-refractivity contribution in [2.45, 2.75) is 6.42 Å². The molecular formula is C25H21Cl2NOTi. The molecule has 1 aliphatic rings. The fraction of sp³-hybridized carbons (Fsp3) is 0.0400. The van der Waals surface area contributed by atoms with Gasteiger partial charge in [-0.25, -0.2) is 0 Å². The van der Waals surface area contributed by atoms with Crippen LogP contribution in [0.4, 0.5) is 0 Å². The Bertz CT molecular complexity index is 1020. The number of carbonyl (C=O) groups is 1. The van der Waals surface area contributed by atoms with E-state index in [4.69, 9.17) is 0 Å². The van der Waals surface area contributed by atoms with Crippen LogP contribution >= 0.6 is 0 Å². The Morgan fingerprint density at radius 2 is 1.17 bits per heavy atom. The van der Waals surface area contributed by atoms with Gasteiger partial charge in [-0.05, 0) is 0 Å². The van der Waals surface area contributed by atoms with Crippen LogP contribution in [0.15, 0.2) is 113 Å². The SMILES string of the molecule is O=C([NH][Ti+2]([C]1=CC=CC1)=[C](c1ccccc1)c1ccccc1)c1ccccc1.[Cl-].[Cl-]. The molecule has 5 heteroatoms. The number of halogens is 2. The van der Waals surface area contributed by atoms with Gasteiger partial charge in [-0.15, -0.1) is 0 Å². The van der Waals surface area contributed by atoms with E-state index in [0.717, 1.165) is 6.42 Å². The molecule has 1 amide bonds. The normalized spacial score (nSPS) is 11.2. The van der Waals surface area contributed by atoms with Crippen molar-refractivity contribution in [1.82, 2.24) is 3.80 Å². The first-order valence-electron chi connectivity index (χ1n) is 9.40. The zero-order valence-electron chi connectivity index (χ0n) is 16.3. The second kappa shape index (κ2) is 11.8. The van der Waals surface area contributed by atoms with Crippen LogP contribution in [0.3, 0.4) is 0 Å². The molecule has 0 heterocycles. The van der Waals surface area contributed by atoms with E-state index in [1.807, 2.05) is 42.5 Å². The molecule has 150 valence electrons. The Balaban J connectivity index is 0.00000160. The molecule has 0 unspecified atom stereocenters. The molecule has 2 nitrogen and oxygen atoms in total. The Morgan fingerprint density at radius 3 is 1.60 bits per heavy atom. The number of nitrogens with one attached hydrogen (secondary N) is 1. The van der Waals surface area contributed by atoms with Gasteiger partial charge in [0.1, 0.15) is 0 Å². The Morgan fingerprint density at radius 1 is 0.700 bits per heavy atom. The van der Waals surface area contributed by atoms with Crippen LogP contribution in [0.2, 0.25) is 0 Å². The van der Waals surface area contributed by atoms with Crippen LogP contribution < -0.4 is 28.6 Å². The second-order valence-electron chi connectivity index (χ2n) is 6.63. The summed E-state index contributed by atoms with van der Waals surface area (Å²) in [7, 11) is 0. The summed E-state index contributed by atoms with van der Waals surface area (Å²) in [6.45, 7) is 0. The molecule has 0 aromatic heterocycles. The summed E-state index contributed by atoms with van der Waals surface area (Å²) < 4.78 is 6.09. The third-order valence-electron chi connectivity index (χ3n) is 4.74. The van der Waals surface area contributed by atoms with Crippen molar-refractivity contribution >= 4 is 9.72 Å². The van der Waals surface area contributed by atoms with Crippen molar-refractivity contribution in [3.63, 3.8) is 0 Å². The number of carbonyl (C=O) groups excluding carboxylic acids is 1. The van der Waals surface area contributed by atoms with Crippen molar-refractivity contribution in [3.8, 4) is 0 Å². The molecule has 30 heavy (non-hydrogen) atoms. The number of hydrogen-bond acceptors (Lipinski definition) is 1. The zero-order chi connectivity index (χ0) is 19.2.